The Morgan fingerprint density at radius 1 is 1.08 bits per heavy atom. The number of aromatic nitrogens is 2. The second kappa shape index (κ2) is 7.23. The molecule has 2 aromatic rings. The molecule has 0 unspecified atom stereocenters. The molecule has 138 valence electrons. The standard InChI is InChI=1S/C18H21F2N5O/c1-12-10-16(23(2)3)22-18(21-12)25-8-6-24(7-9-25)17(26)14-5-4-13(19)11-15(14)20/h4-5,10-11H,6-9H2,1-3H3. The van der Waals surface area contributed by atoms with E-state index in [-0.39, 0.29) is 5.56 Å². The molecule has 0 radical (unpaired) electrons. The number of carbonyl (C=O) groups excluding carboxylic acids is 1. The average Bonchev–Trinajstić information content (AvgIpc) is 2.61. The van der Waals surface area contributed by atoms with Gasteiger partial charge in [-0.3, -0.25) is 4.79 Å². The number of anilines is 2. The highest BCUT2D eigenvalue weighted by Gasteiger charge is 2.25. The maximum absolute atomic E-state index is 13.8. The van der Waals surface area contributed by atoms with Crippen LogP contribution in [0.3, 0.4) is 0 Å². The van der Waals surface area contributed by atoms with Crippen molar-refractivity contribution >= 4 is 17.7 Å². The first-order valence-electron chi connectivity index (χ1n) is 8.37. The van der Waals surface area contributed by atoms with Crippen LogP contribution in [0, 0.1) is 18.6 Å². The maximum Gasteiger partial charge on any atom is 0.256 e. The van der Waals surface area contributed by atoms with Gasteiger partial charge in [0, 0.05) is 58.1 Å². The van der Waals surface area contributed by atoms with Crippen LogP contribution in [0.25, 0.3) is 0 Å². The molecule has 6 nitrogen and oxygen atoms in total. The summed E-state index contributed by atoms with van der Waals surface area (Å²) in [5, 5.41) is 0. The van der Waals surface area contributed by atoms with Crippen LogP contribution < -0.4 is 9.80 Å². The van der Waals surface area contributed by atoms with Gasteiger partial charge >= 0.3 is 0 Å². The van der Waals surface area contributed by atoms with Gasteiger partial charge in [-0.1, -0.05) is 0 Å². The summed E-state index contributed by atoms with van der Waals surface area (Å²) >= 11 is 0. The van der Waals surface area contributed by atoms with Crippen molar-refractivity contribution in [2.75, 3.05) is 50.1 Å². The lowest BCUT2D eigenvalue weighted by molar-refractivity contribution is 0.0741. The number of benzene rings is 1. The molecule has 0 spiro atoms. The minimum absolute atomic E-state index is 0.110. The first kappa shape index (κ1) is 18.0. The van der Waals surface area contributed by atoms with E-state index in [0.29, 0.717) is 32.1 Å². The molecule has 1 aromatic heterocycles. The lowest BCUT2D eigenvalue weighted by Gasteiger charge is -2.35. The number of rotatable bonds is 3. The Kier molecular flexibility index (Phi) is 5.01. The van der Waals surface area contributed by atoms with Gasteiger partial charge in [-0.05, 0) is 19.1 Å². The number of nitrogens with zero attached hydrogens (tertiary/aromatic N) is 5. The maximum atomic E-state index is 13.8. The van der Waals surface area contributed by atoms with E-state index >= 15 is 0 Å². The normalized spacial score (nSPS) is 14.5. The largest absolute Gasteiger partial charge is 0.363 e. The monoisotopic (exact) mass is 361 g/mol. The molecule has 0 saturated carbocycles. The van der Waals surface area contributed by atoms with Gasteiger partial charge in [0.05, 0.1) is 5.56 Å². The number of piperazine rings is 1. The Hall–Kier alpha value is -2.77. The van der Waals surface area contributed by atoms with E-state index in [9.17, 15) is 13.6 Å². The molecule has 0 N–H and O–H groups in total. The van der Waals surface area contributed by atoms with Crippen molar-refractivity contribution in [3.63, 3.8) is 0 Å². The van der Waals surface area contributed by atoms with E-state index < -0.39 is 17.5 Å². The third kappa shape index (κ3) is 3.74. The summed E-state index contributed by atoms with van der Waals surface area (Å²) in [7, 11) is 3.83. The molecular weight excluding hydrogens is 340 g/mol. The van der Waals surface area contributed by atoms with E-state index in [4.69, 9.17) is 0 Å². The fourth-order valence-electron chi connectivity index (χ4n) is 2.85. The molecule has 26 heavy (non-hydrogen) atoms. The summed E-state index contributed by atoms with van der Waals surface area (Å²) in [6.07, 6.45) is 0. The summed E-state index contributed by atoms with van der Waals surface area (Å²) in [4.78, 5) is 27.0. The minimum atomic E-state index is -0.838. The summed E-state index contributed by atoms with van der Waals surface area (Å²) in [6.45, 7) is 3.85. The molecule has 0 aliphatic carbocycles. The predicted molar refractivity (Wildman–Crippen MR) is 95.6 cm³/mol. The highest BCUT2D eigenvalue weighted by atomic mass is 19.1. The zero-order valence-electron chi connectivity index (χ0n) is 15.0. The fraction of sp³-hybridized carbons (Fsp3) is 0.389. The van der Waals surface area contributed by atoms with Crippen molar-refractivity contribution in [2.24, 2.45) is 0 Å². The zero-order valence-corrected chi connectivity index (χ0v) is 15.0. The first-order chi connectivity index (χ1) is 12.3. The number of hydrogen-bond acceptors (Lipinski definition) is 5. The molecule has 2 heterocycles. The lowest BCUT2D eigenvalue weighted by atomic mass is 10.1. The van der Waals surface area contributed by atoms with Gasteiger partial charge < -0.3 is 14.7 Å². The van der Waals surface area contributed by atoms with Crippen molar-refractivity contribution in [2.45, 2.75) is 6.92 Å². The molecule has 1 fully saturated rings. The third-order valence-electron chi connectivity index (χ3n) is 4.30. The predicted octanol–water partition coefficient (Wildman–Crippen LogP) is 2.09. The number of halogens is 2. The second-order valence-electron chi connectivity index (χ2n) is 6.47. The highest BCUT2D eigenvalue weighted by molar-refractivity contribution is 5.94. The molecule has 1 saturated heterocycles. The SMILES string of the molecule is Cc1cc(N(C)C)nc(N2CCN(C(=O)c3ccc(F)cc3F)CC2)n1. The molecule has 1 aliphatic rings. The van der Waals surface area contributed by atoms with Gasteiger partial charge in [0.15, 0.2) is 0 Å². The van der Waals surface area contributed by atoms with Crippen molar-refractivity contribution < 1.29 is 13.6 Å². The van der Waals surface area contributed by atoms with Gasteiger partial charge in [0.2, 0.25) is 5.95 Å². The highest BCUT2D eigenvalue weighted by Crippen LogP contribution is 2.19. The Labute approximate surface area is 151 Å². The Morgan fingerprint density at radius 2 is 1.77 bits per heavy atom. The average molecular weight is 361 g/mol. The quantitative estimate of drug-likeness (QED) is 0.838. The summed E-state index contributed by atoms with van der Waals surface area (Å²) in [5.41, 5.74) is 0.757. The molecule has 8 heteroatoms. The number of aryl methyl sites for hydroxylation is 1. The van der Waals surface area contributed by atoms with Crippen LogP contribution in [0.15, 0.2) is 24.3 Å². The van der Waals surface area contributed by atoms with Crippen LogP contribution >= 0.6 is 0 Å². The van der Waals surface area contributed by atoms with Crippen LogP contribution in [0.1, 0.15) is 16.1 Å². The van der Waals surface area contributed by atoms with Crippen molar-refractivity contribution in [3.8, 4) is 0 Å². The van der Waals surface area contributed by atoms with E-state index in [2.05, 4.69) is 9.97 Å². The number of amides is 1. The van der Waals surface area contributed by atoms with E-state index in [1.165, 1.54) is 6.07 Å². The Bertz CT molecular complexity index is 819. The van der Waals surface area contributed by atoms with E-state index in [1.54, 1.807) is 4.90 Å². The second-order valence-corrected chi connectivity index (χ2v) is 6.47. The van der Waals surface area contributed by atoms with Crippen LogP contribution in [0.5, 0.6) is 0 Å². The molecule has 0 bridgehead atoms. The Morgan fingerprint density at radius 3 is 2.38 bits per heavy atom. The molecule has 3 rings (SSSR count). The molecule has 1 aromatic carbocycles. The topological polar surface area (TPSA) is 52.6 Å². The third-order valence-corrected chi connectivity index (χ3v) is 4.30. The lowest BCUT2D eigenvalue weighted by Crippen LogP contribution is -2.49. The summed E-state index contributed by atoms with van der Waals surface area (Å²) < 4.78 is 26.9. The Balaban J connectivity index is 1.70. The van der Waals surface area contributed by atoms with Gasteiger partial charge in [-0.2, -0.15) is 4.98 Å². The zero-order chi connectivity index (χ0) is 18.8. The summed E-state index contributed by atoms with van der Waals surface area (Å²) in [6, 6.07) is 4.91. The molecule has 1 aliphatic heterocycles. The van der Waals surface area contributed by atoms with E-state index in [1.807, 2.05) is 36.9 Å². The van der Waals surface area contributed by atoms with Gasteiger partial charge in [0.1, 0.15) is 17.5 Å². The van der Waals surface area contributed by atoms with E-state index in [0.717, 1.165) is 23.6 Å². The van der Waals surface area contributed by atoms with Crippen molar-refractivity contribution in [1.29, 1.82) is 0 Å². The van der Waals surface area contributed by atoms with Crippen LogP contribution in [-0.4, -0.2) is 61.0 Å². The van der Waals surface area contributed by atoms with Gasteiger partial charge in [-0.25, -0.2) is 13.8 Å². The number of hydrogen-bond donors (Lipinski definition) is 0. The number of carbonyl (C=O) groups is 1. The van der Waals surface area contributed by atoms with Crippen molar-refractivity contribution in [3.05, 3.63) is 47.2 Å². The first-order valence-corrected chi connectivity index (χ1v) is 8.37. The molecule has 0 atom stereocenters. The van der Waals surface area contributed by atoms with Crippen LogP contribution in [0.2, 0.25) is 0 Å². The van der Waals surface area contributed by atoms with Crippen LogP contribution in [0.4, 0.5) is 20.5 Å². The van der Waals surface area contributed by atoms with Gasteiger partial charge in [-0.15, -0.1) is 0 Å². The molecule has 1 amide bonds. The minimum Gasteiger partial charge on any atom is -0.363 e. The van der Waals surface area contributed by atoms with Crippen molar-refractivity contribution in [1.82, 2.24) is 14.9 Å². The summed E-state index contributed by atoms with van der Waals surface area (Å²) in [5.74, 6) is -0.526. The fourth-order valence-corrected chi connectivity index (χ4v) is 2.85. The smallest absolute Gasteiger partial charge is 0.256 e. The van der Waals surface area contributed by atoms with Crippen LogP contribution in [-0.2, 0) is 0 Å². The molecular formula is C18H21F2N5O. The van der Waals surface area contributed by atoms with Gasteiger partial charge in [0.25, 0.3) is 5.91 Å².